The van der Waals surface area contributed by atoms with Gasteiger partial charge in [-0.1, -0.05) is 72.8 Å². The van der Waals surface area contributed by atoms with Crippen molar-refractivity contribution in [2.45, 2.75) is 26.1 Å². The van der Waals surface area contributed by atoms with Crippen LogP contribution in [0.1, 0.15) is 23.1 Å². The van der Waals surface area contributed by atoms with E-state index in [-0.39, 0.29) is 13.1 Å². The Labute approximate surface area is 264 Å². The van der Waals surface area contributed by atoms with Crippen LogP contribution in [0.4, 0.5) is 21.5 Å². The summed E-state index contributed by atoms with van der Waals surface area (Å²) in [7, 11) is 0. The number of nitrogens with two attached hydrogens (primary N) is 1. The third-order valence-electron chi connectivity index (χ3n) is 7.85. The Morgan fingerprint density at radius 3 is 2.18 bits per heavy atom. The summed E-state index contributed by atoms with van der Waals surface area (Å²) in [4.78, 5) is 46.1. The number of fused-ring (bicyclic) bond motifs is 1. The molecule has 1 aliphatic heterocycles. The molecule has 3 N–H and O–H groups in total. The summed E-state index contributed by atoms with van der Waals surface area (Å²) < 4.78 is 14.2. The van der Waals surface area contributed by atoms with E-state index in [1.807, 2.05) is 66.0 Å². The highest BCUT2D eigenvalue weighted by molar-refractivity contribution is 7.13. The molecule has 5 aromatic rings. The third-order valence-corrected chi connectivity index (χ3v) is 8.77. The smallest absolute Gasteiger partial charge is 0.244 e. The van der Waals surface area contributed by atoms with Crippen LogP contribution in [0.25, 0.3) is 10.4 Å². The summed E-state index contributed by atoms with van der Waals surface area (Å²) in [5.41, 5.74) is 10.6. The molecule has 6 rings (SSSR count). The zero-order valence-corrected chi connectivity index (χ0v) is 25.2. The Hall–Kier alpha value is -5.12. The van der Waals surface area contributed by atoms with E-state index in [2.05, 4.69) is 11.4 Å². The first-order valence-electron chi connectivity index (χ1n) is 14.6. The van der Waals surface area contributed by atoms with E-state index in [0.29, 0.717) is 29.2 Å². The molecule has 3 amide bonds. The van der Waals surface area contributed by atoms with Crippen LogP contribution in [0.5, 0.6) is 0 Å². The largest absolute Gasteiger partial charge is 0.352 e. The Bertz CT molecular complexity index is 1820. The molecule has 4 aromatic carbocycles. The maximum Gasteiger partial charge on any atom is 0.244 e. The van der Waals surface area contributed by atoms with Crippen LogP contribution in [-0.4, -0.2) is 17.7 Å². The number of hydrogen-bond donors (Lipinski definition) is 2. The first kappa shape index (κ1) is 29.9. The summed E-state index contributed by atoms with van der Waals surface area (Å²) in [5.74, 6) is -3.31. The van der Waals surface area contributed by atoms with Crippen molar-refractivity contribution in [1.29, 1.82) is 0 Å². The van der Waals surface area contributed by atoms with E-state index >= 15 is 0 Å². The maximum absolute atomic E-state index is 14.3. The van der Waals surface area contributed by atoms with Gasteiger partial charge in [-0.3, -0.25) is 19.3 Å². The number of nitrogens with one attached hydrogen (secondary N) is 1. The second-order valence-electron chi connectivity index (χ2n) is 10.8. The number of thiophene rings is 1. The van der Waals surface area contributed by atoms with Crippen LogP contribution in [-0.2, 0) is 34.0 Å². The minimum Gasteiger partial charge on any atom is -0.352 e. The van der Waals surface area contributed by atoms with Crippen molar-refractivity contribution in [3.8, 4) is 10.4 Å². The van der Waals surface area contributed by atoms with Crippen LogP contribution in [0.2, 0.25) is 0 Å². The average molecular weight is 619 g/mol. The highest BCUT2D eigenvalue weighted by Gasteiger charge is 2.42. The molecule has 0 aliphatic carbocycles. The number of benzene rings is 4. The fourth-order valence-corrected chi connectivity index (χ4v) is 6.18. The number of carbonyl (C=O) groups excluding carboxylic acids is 3. The van der Waals surface area contributed by atoms with E-state index in [1.165, 1.54) is 11.0 Å². The molecular formula is C36H31FN4O3S. The van der Waals surface area contributed by atoms with Crippen molar-refractivity contribution in [2.75, 3.05) is 9.80 Å². The van der Waals surface area contributed by atoms with Crippen LogP contribution in [0, 0.1) is 11.7 Å². The molecule has 1 aliphatic rings. The van der Waals surface area contributed by atoms with Gasteiger partial charge in [0.15, 0.2) is 0 Å². The highest BCUT2D eigenvalue weighted by atomic mass is 32.1. The van der Waals surface area contributed by atoms with Crippen molar-refractivity contribution in [1.82, 2.24) is 5.32 Å². The SMILES string of the molecule is NCc1ccc(N2C(=O)C(CC(=O)NCc3ccccc3F)C(=O)N(Cc3ccc(-c4cccs4)cc3)c3ccccc32)cc1. The van der Waals surface area contributed by atoms with Crippen LogP contribution < -0.4 is 20.9 Å². The Balaban J connectivity index is 1.35. The molecule has 0 spiro atoms. The predicted octanol–water partition coefficient (Wildman–Crippen LogP) is 6.55. The van der Waals surface area contributed by atoms with Crippen molar-refractivity contribution in [3.05, 3.63) is 137 Å². The number of amides is 3. The maximum atomic E-state index is 14.3. The summed E-state index contributed by atoms with van der Waals surface area (Å²) in [6.45, 7) is 0.472. The molecule has 45 heavy (non-hydrogen) atoms. The molecule has 0 bridgehead atoms. The van der Waals surface area contributed by atoms with E-state index in [4.69, 9.17) is 5.73 Å². The molecule has 1 unspecified atom stereocenters. The molecule has 0 saturated heterocycles. The molecule has 226 valence electrons. The quantitative estimate of drug-likeness (QED) is 0.183. The van der Waals surface area contributed by atoms with Crippen molar-refractivity contribution >= 4 is 46.1 Å². The summed E-state index contributed by atoms with van der Waals surface area (Å²) in [6.07, 6.45) is -0.398. The number of hydrogen-bond acceptors (Lipinski definition) is 5. The summed E-state index contributed by atoms with van der Waals surface area (Å²) in [6, 6.07) is 32.6. The van der Waals surface area contributed by atoms with Gasteiger partial charge in [0, 0.05) is 35.6 Å². The Kier molecular flexibility index (Phi) is 8.81. The van der Waals surface area contributed by atoms with E-state index in [0.717, 1.165) is 21.6 Å². The van der Waals surface area contributed by atoms with Gasteiger partial charge in [-0.05, 0) is 58.5 Å². The number of rotatable bonds is 9. The van der Waals surface area contributed by atoms with Gasteiger partial charge < -0.3 is 16.0 Å². The number of halogens is 1. The molecule has 2 heterocycles. The summed E-state index contributed by atoms with van der Waals surface area (Å²) in [5, 5.41) is 4.71. The second-order valence-corrected chi connectivity index (χ2v) is 11.7. The molecule has 1 aromatic heterocycles. The molecule has 0 fully saturated rings. The minimum atomic E-state index is -1.32. The minimum absolute atomic E-state index is 0.0641. The van der Waals surface area contributed by atoms with E-state index < -0.39 is 35.9 Å². The van der Waals surface area contributed by atoms with Gasteiger partial charge >= 0.3 is 0 Å². The topological polar surface area (TPSA) is 95.7 Å². The van der Waals surface area contributed by atoms with Gasteiger partial charge in [-0.2, -0.15) is 0 Å². The lowest BCUT2D eigenvalue weighted by atomic mass is 10.0. The van der Waals surface area contributed by atoms with Gasteiger partial charge in [0.2, 0.25) is 17.7 Å². The first-order valence-corrected chi connectivity index (χ1v) is 15.5. The van der Waals surface area contributed by atoms with E-state index in [9.17, 15) is 18.8 Å². The van der Waals surface area contributed by atoms with Crippen molar-refractivity contribution in [2.24, 2.45) is 11.7 Å². The first-order chi connectivity index (χ1) is 21.9. The monoisotopic (exact) mass is 618 g/mol. The lowest BCUT2D eigenvalue weighted by Crippen LogP contribution is -2.43. The lowest BCUT2D eigenvalue weighted by molar-refractivity contribution is -0.136. The van der Waals surface area contributed by atoms with Gasteiger partial charge in [0.1, 0.15) is 11.7 Å². The molecule has 0 radical (unpaired) electrons. The fraction of sp³-hybridized carbons (Fsp3) is 0.139. The van der Waals surface area contributed by atoms with Crippen LogP contribution in [0.3, 0.4) is 0 Å². The highest BCUT2D eigenvalue weighted by Crippen LogP contribution is 2.40. The Morgan fingerprint density at radius 2 is 1.49 bits per heavy atom. The molecular weight excluding hydrogens is 587 g/mol. The molecule has 9 heteroatoms. The third kappa shape index (κ3) is 6.40. The molecule has 0 saturated carbocycles. The zero-order chi connectivity index (χ0) is 31.3. The van der Waals surface area contributed by atoms with Gasteiger partial charge in [0.25, 0.3) is 0 Å². The predicted molar refractivity (Wildman–Crippen MR) is 175 cm³/mol. The van der Waals surface area contributed by atoms with Gasteiger partial charge in [-0.15, -0.1) is 11.3 Å². The number of nitrogens with zero attached hydrogens (tertiary/aromatic N) is 2. The number of anilines is 3. The lowest BCUT2D eigenvalue weighted by Gasteiger charge is -2.26. The van der Waals surface area contributed by atoms with Crippen molar-refractivity contribution < 1.29 is 18.8 Å². The standard InChI is InChI=1S/C36H31FN4O3S/c37-30-7-2-1-6-27(30)22-39-34(42)20-29-35(43)40(23-25-11-15-26(16-12-25)33-10-5-19-45-33)31-8-3-4-9-32(31)41(36(29)44)28-17-13-24(21-38)14-18-28/h1-19,29H,20-23,38H2,(H,39,42). The van der Waals surface area contributed by atoms with E-state index in [1.54, 1.807) is 52.6 Å². The van der Waals surface area contributed by atoms with Crippen molar-refractivity contribution in [3.63, 3.8) is 0 Å². The average Bonchev–Trinajstić information content (AvgIpc) is 3.59. The molecule has 1 atom stereocenters. The second kappa shape index (κ2) is 13.3. The Morgan fingerprint density at radius 1 is 0.800 bits per heavy atom. The van der Waals surface area contributed by atoms with Crippen LogP contribution >= 0.6 is 11.3 Å². The normalized spacial score (nSPS) is 14.7. The van der Waals surface area contributed by atoms with Gasteiger partial charge in [-0.25, -0.2) is 4.39 Å². The number of para-hydroxylation sites is 2. The molecule has 7 nitrogen and oxygen atoms in total. The zero-order valence-electron chi connectivity index (χ0n) is 24.4. The van der Waals surface area contributed by atoms with Gasteiger partial charge in [0.05, 0.1) is 17.9 Å². The van der Waals surface area contributed by atoms with Crippen LogP contribution in [0.15, 0.2) is 115 Å². The fourth-order valence-electron chi connectivity index (χ4n) is 5.45. The summed E-state index contributed by atoms with van der Waals surface area (Å²) >= 11 is 1.65. The number of carbonyl (C=O) groups is 3.